The highest BCUT2D eigenvalue weighted by Gasteiger charge is 2.23. The monoisotopic (exact) mass is 239 g/mol. The van der Waals surface area contributed by atoms with Crippen molar-refractivity contribution in [1.29, 1.82) is 0 Å². The van der Waals surface area contributed by atoms with Gasteiger partial charge in [-0.25, -0.2) is 4.98 Å². The van der Waals surface area contributed by atoms with E-state index in [0.717, 1.165) is 25.2 Å². The molecule has 0 spiro atoms. The number of methoxy groups -OCH3 is 1. The molecule has 0 aliphatic carbocycles. The normalized spacial score (nSPS) is 13.9. The van der Waals surface area contributed by atoms with Gasteiger partial charge in [0.2, 0.25) is 0 Å². The van der Waals surface area contributed by atoms with Crippen molar-refractivity contribution in [2.45, 2.75) is 45.3 Å². The van der Waals surface area contributed by atoms with Crippen LogP contribution >= 0.6 is 0 Å². The molecule has 0 aromatic carbocycles. The summed E-state index contributed by atoms with van der Waals surface area (Å²) < 4.78 is 7.57. The highest BCUT2D eigenvalue weighted by atomic mass is 16.5. The number of imidazole rings is 1. The van der Waals surface area contributed by atoms with Crippen molar-refractivity contribution in [2.24, 2.45) is 7.05 Å². The Balaban J connectivity index is 2.63. The van der Waals surface area contributed by atoms with Crippen LogP contribution in [-0.2, 0) is 18.2 Å². The van der Waals surface area contributed by atoms with Crippen molar-refractivity contribution >= 4 is 0 Å². The predicted octanol–water partition coefficient (Wildman–Crippen LogP) is 1.76. The Bertz CT molecular complexity index is 333. The Morgan fingerprint density at radius 2 is 2.24 bits per heavy atom. The van der Waals surface area contributed by atoms with Crippen LogP contribution in [-0.4, -0.2) is 34.8 Å². The number of ether oxygens (including phenoxy) is 1. The first-order valence-corrected chi connectivity index (χ1v) is 6.23. The molecular formula is C13H25N3O. The van der Waals surface area contributed by atoms with E-state index in [1.54, 1.807) is 7.11 Å². The third kappa shape index (κ3) is 4.48. The van der Waals surface area contributed by atoms with E-state index in [9.17, 15) is 0 Å². The first-order valence-electron chi connectivity index (χ1n) is 6.23. The molecule has 1 unspecified atom stereocenters. The van der Waals surface area contributed by atoms with Crippen LogP contribution in [0.2, 0.25) is 0 Å². The molecule has 98 valence electrons. The van der Waals surface area contributed by atoms with Crippen molar-refractivity contribution < 1.29 is 4.74 Å². The van der Waals surface area contributed by atoms with Crippen LogP contribution in [0.15, 0.2) is 12.4 Å². The molecule has 0 radical (unpaired) electrons. The lowest BCUT2D eigenvalue weighted by molar-refractivity contribution is 0.00707. The lowest BCUT2D eigenvalue weighted by atomic mass is 9.96. The molecule has 0 fully saturated rings. The average molecular weight is 239 g/mol. The lowest BCUT2D eigenvalue weighted by Crippen LogP contribution is -2.39. The molecule has 1 aromatic heterocycles. The van der Waals surface area contributed by atoms with Crippen molar-refractivity contribution in [3.05, 3.63) is 18.2 Å². The Labute approximate surface area is 104 Å². The first-order chi connectivity index (χ1) is 7.98. The zero-order chi connectivity index (χ0) is 12.9. The van der Waals surface area contributed by atoms with Gasteiger partial charge in [0.05, 0.1) is 5.60 Å². The number of aromatic nitrogens is 2. The van der Waals surface area contributed by atoms with E-state index in [0.29, 0.717) is 6.04 Å². The van der Waals surface area contributed by atoms with Gasteiger partial charge in [-0.3, -0.25) is 0 Å². The summed E-state index contributed by atoms with van der Waals surface area (Å²) in [5.41, 5.74) is -0.0992. The summed E-state index contributed by atoms with van der Waals surface area (Å²) in [7, 11) is 3.80. The molecule has 0 aliphatic rings. The van der Waals surface area contributed by atoms with Gasteiger partial charge in [0.25, 0.3) is 0 Å². The summed E-state index contributed by atoms with van der Waals surface area (Å²) in [5.74, 6) is 1.11. The standard InChI is InChI=1S/C13H25N3O/c1-6-14-11(10-13(2,3)17-5)9-12-15-7-8-16(12)4/h7-8,11,14H,6,9-10H2,1-5H3. The van der Waals surface area contributed by atoms with Crippen molar-refractivity contribution in [1.82, 2.24) is 14.9 Å². The van der Waals surface area contributed by atoms with Gasteiger partial charge in [-0.1, -0.05) is 6.92 Å². The van der Waals surface area contributed by atoms with Gasteiger partial charge in [0.1, 0.15) is 5.82 Å². The summed E-state index contributed by atoms with van der Waals surface area (Å²) in [4.78, 5) is 4.38. The number of nitrogens with one attached hydrogen (secondary N) is 1. The largest absolute Gasteiger partial charge is 0.379 e. The smallest absolute Gasteiger partial charge is 0.109 e. The van der Waals surface area contributed by atoms with Crippen molar-refractivity contribution in [2.75, 3.05) is 13.7 Å². The van der Waals surface area contributed by atoms with Crippen LogP contribution in [0.25, 0.3) is 0 Å². The molecule has 0 saturated heterocycles. The highest BCUT2D eigenvalue weighted by molar-refractivity contribution is 4.95. The Morgan fingerprint density at radius 1 is 1.53 bits per heavy atom. The maximum absolute atomic E-state index is 5.50. The van der Waals surface area contributed by atoms with Gasteiger partial charge in [-0.2, -0.15) is 0 Å². The maximum atomic E-state index is 5.50. The lowest BCUT2D eigenvalue weighted by Gasteiger charge is -2.29. The minimum atomic E-state index is -0.0992. The summed E-state index contributed by atoms with van der Waals surface area (Å²) in [6, 6.07) is 0.399. The minimum absolute atomic E-state index is 0.0992. The molecule has 0 aliphatic heterocycles. The maximum Gasteiger partial charge on any atom is 0.109 e. The number of likely N-dealkylation sites (N-methyl/N-ethyl adjacent to an activating group) is 1. The molecule has 1 N–H and O–H groups in total. The predicted molar refractivity (Wildman–Crippen MR) is 70.1 cm³/mol. The molecule has 1 heterocycles. The molecule has 0 saturated carbocycles. The Hall–Kier alpha value is -0.870. The van der Waals surface area contributed by atoms with E-state index in [4.69, 9.17) is 4.74 Å². The van der Waals surface area contributed by atoms with Crippen LogP contribution in [0.1, 0.15) is 33.0 Å². The highest BCUT2D eigenvalue weighted by Crippen LogP contribution is 2.17. The minimum Gasteiger partial charge on any atom is -0.379 e. The molecule has 0 amide bonds. The summed E-state index contributed by atoms with van der Waals surface area (Å²) in [6.07, 6.45) is 5.74. The molecule has 0 bridgehead atoms. The van der Waals surface area contributed by atoms with E-state index < -0.39 is 0 Å². The average Bonchev–Trinajstić information content (AvgIpc) is 2.64. The summed E-state index contributed by atoms with van der Waals surface area (Å²) in [5, 5.41) is 3.51. The van der Waals surface area contributed by atoms with Gasteiger partial charge >= 0.3 is 0 Å². The molecular weight excluding hydrogens is 214 g/mol. The molecule has 4 heteroatoms. The van der Waals surface area contributed by atoms with E-state index in [1.165, 1.54) is 0 Å². The van der Waals surface area contributed by atoms with E-state index in [-0.39, 0.29) is 5.60 Å². The van der Waals surface area contributed by atoms with Gasteiger partial charge in [0, 0.05) is 39.0 Å². The third-order valence-corrected chi connectivity index (χ3v) is 3.13. The molecule has 1 atom stereocenters. The second-order valence-corrected chi connectivity index (χ2v) is 5.08. The number of nitrogens with zero attached hydrogens (tertiary/aromatic N) is 2. The fourth-order valence-electron chi connectivity index (χ4n) is 2.00. The fraction of sp³-hybridized carbons (Fsp3) is 0.769. The molecule has 1 aromatic rings. The molecule has 4 nitrogen and oxygen atoms in total. The Morgan fingerprint density at radius 3 is 2.71 bits per heavy atom. The van der Waals surface area contributed by atoms with Gasteiger partial charge < -0.3 is 14.6 Å². The topological polar surface area (TPSA) is 39.1 Å². The first kappa shape index (κ1) is 14.2. The van der Waals surface area contributed by atoms with Crippen LogP contribution in [0.4, 0.5) is 0 Å². The number of rotatable bonds is 7. The van der Waals surface area contributed by atoms with Crippen LogP contribution in [0.5, 0.6) is 0 Å². The van der Waals surface area contributed by atoms with E-state index >= 15 is 0 Å². The number of aryl methyl sites for hydroxylation is 1. The third-order valence-electron chi connectivity index (χ3n) is 3.13. The number of hydrogen-bond donors (Lipinski definition) is 1. The van der Waals surface area contributed by atoms with Crippen LogP contribution in [0, 0.1) is 0 Å². The van der Waals surface area contributed by atoms with Gasteiger partial charge in [0.15, 0.2) is 0 Å². The molecule has 17 heavy (non-hydrogen) atoms. The van der Waals surface area contributed by atoms with Crippen molar-refractivity contribution in [3.8, 4) is 0 Å². The zero-order valence-electron chi connectivity index (χ0n) is 11.7. The molecule has 1 rings (SSSR count). The van der Waals surface area contributed by atoms with E-state index in [1.807, 2.05) is 19.4 Å². The van der Waals surface area contributed by atoms with Crippen molar-refractivity contribution in [3.63, 3.8) is 0 Å². The fourth-order valence-corrected chi connectivity index (χ4v) is 2.00. The van der Waals surface area contributed by atoms with Crippen LogP contribution in [0.3, 0.4) is 0 Å². The second kappa shape index (κ2) is 6.17. The van der Waals surface area contributed by atoms with E-state index in [2.05, 4.69) is 35.6 Å². The van der Waals surface area contributed by atoms with Gasteiger partial charge in [-0.05, 0) is 26.8 Å². The Kier molecular flexibility index (Phi) is 5.15. The summed E-state index contributed by atoms with van der Waals surface area (Å²) in [6.45, 7) is 7.34. The number of hydrogen-bond acceptors (Lipinski definition) is 3. The second-order valence-electron chi connectivity index (χ2n) is 5.08. The SMILES string of the molecule is CCNC(Cc1nccn1C)CC(C)(C)OC. The quantitative estimate of drug-likeness (QED) is 0.788. The zero-order valence-corrected chi connectivity index (χ0v) is 11.7. The summed E-state index contributed by atoms with van der Waals surface area (Å²) >= 11 is 0. The van der Waals surface area contributed by atoms with Crippen LogP contribution < -0.4 is 5.32 Å². The van der Waals surface area contributed by atoms with Gasteiger partial charge in [-0.15, -0.1) is 0 Å².